The molecule has 0 bridgehead atoms. The Bertz CT molecular complexity index is 872. The molecule has 27 heavy (non-hydrogen) atoms. The van der Waals surface area contributed by atoms with Gasteiger partial charge in [-0.15, -0.1) is 0 Å². The molecule has 0 saturated carbocycles. The molecule has 2 amide bonds. The average Bonchev–Trinajstić information content (AvgIpc) is 2.73. The van der Waals surface area contributed by atoms with Crippen LogP contribution in [0.5, 0.6) is 0 Å². The first kappa shape index (κ1) is 19.0. The predicted octanol–water partition coefficient (Wildman–Crippen LogP) is 3.16. The molecule has 0 saturated heterocycles. The van der Waals surface area contributed by atoms with Gasteiger partial charge in [0, 0.05) is 24.6 Å². The number of carbonyl (C=O) groups excluding carboxylic acids is 2. The van der Waals surface area contributed by atoms with Crippen molar-refractivity contribution in [2.45, 2.75) is 25.9 Å². The number of fused-ring (bicyclic) bond motifs is 1. The zero-order valence-electron chi connectivity index (χ0n) is 15.2. The maximum absolute atomic E-state index is 13.9. The van der Waals surface area contributed by atoms with E-state index in [4.69, 9.17) is 0 Å². The average molecular weight is 373 g/mol. The van der Waals surface area contributed by atoms with Gasteiger partial charge < -0.3 is 10.2 Å². The molecular formula is C20H21F2N3O2. The number of anilines is 2. The minimum atomic E-state index is -0.910. The van der Waals surface area contributed by atoms with Gasteiger partial charge in [-0.2, -0.15) is 0 Å². The van der Waals surface area contributed by atoms with Crippen LogP contribution in [0.1, 0.15) is 18.9 Å². The Morgan fingerprint density at radius 2 is 1.96 bits per heavy atom. The van der Waals surface area contributed by atoms with Crippen molar-refractivity contribution >= 4 is 23.2 Å². The lowest BCUT2D eigenvalue weighted by atomic mass is 10.1. The summed E-state index contributed by atoms with van der Waals surface area (Å²) in [6.45, 7) is 1.91. The molecule has 1 N–H and O–H groups in total. The summed E-state index contributed by atoms with van der Waals surface area (Å²) >= 11 is 0. The summed E-state index contributed by atoms with van der Waals surface area (Å²) < 4.78 is 27.2. The zero-order chi connectivity index (χ0) is 19.6. The van der Waals surface area contributed by atoms with Crippen molar-refractivity contribution in [3.8, 4) is 0 Å². The number of likely N-dealkylation sites (N-methyl/N-ethyl adjacent to an activating group) is 1. The van der Waals surface area contributed by atoms with Gasteiger partial charge in [0.25, 0.3) is 0 Å². The molecule has 1 aliphatic rings. The molecule has 0 spiro atoms. The van der Waals surface area contributed by atoms with Crippen LogP contribution >= 0.6 is 0 Å². The molecule has 0 fully saturated rings. The molecule has 0 aliphatic carbocycles. The van der Waals surface area contributed by atoms with Crippen molar-refractivity contribution in [3.63, 3.8) is 0 Å². The number of hydrogen-bond donors (Lipinski definition) is 1. The molecule has 0 unspecified atom stereocenters. The summed E-state index contributed by atoms with van der Waals surface area (Å²) in [6.07, 6.45) is 0.183. The molecule has 142 valence electrons. The van der Waals surface area contributed by atoms with E-state index in [0.717, 1.165) is 6.07 Å². The highest BCUT2D eigenvalue weighted by Crippen LogP contribution is 2.31. The van der Waals surface area contributed by atoms with Crippen LogP contribution in [0.4, 0.5) is 20.2 Å². The molecule has 1 atom stereocenters. The monoisotopic (exact) mass is 373 g/mol. The van der Waals surface area contributed by atoms with Crippen molar-refractivity contribution in [1.29, 1.82) is 0 Å². The van der Waals surface area contributed by atoms with Gasteiger partial charge in [-0.3, -0.25) is 14.5 Å². The molecule has 0 aromatic heterocycles. The first-order valence-corrected chi connectivity index (χ1v) is 8.69. The number of benzene rings is 2. The van der Waals surface area contributed by atoms with E-state index in [1.807, 2.05) is 6.92 Å². The van der Waals surface area contributed by atoms with Crippen molar-refractivity contribution in [1.82, 2.24) is 4.90 Å². The van der Waals surface area contributed by atoms with Gasteiger partial charge in [-0.1, -0.05) is 24.3 Å². The van der Waals surface area contributed by atoms with Crippen LogP contribution in [0.25, 0.3) is 0 Å². The fourth-order valence-electron chi connectivity index (χ4n) is 3.29. The van der Waals surface area contributed by atoms with E-state index < -0.39 is 11.6 Å². The van der Waals surface area contributed by atoms with Crippen molar-refractivity contribution < 1.29 is 18.4 Å². The number of halogens is 2. The molecule has 3 rings (SSSR count). The van der Waals surface area contributed by atoms with E-state index in [1.165, 1.54) is 12.1 Å². The quantitative estimate of drug-likeness (QED) is 0.896. The summed E-state index contributed by atoms with van der Waals surface area (Å²) in [6, 6.07) is 10.8. The van der Waals surface area contributed by atoms with Gasteiger partial charge in [0.2, 0.25) is 11.8 Å². The van der Waals surface area contributed by atoms with Crippen LogP contribution in [0.2, 0.25) is 0 Å². The summed E-state index contributed by atoms with van der Waals surface area (Å²) in [5.74, 6) is -2.18. The Labute approximate surface area is 156 Å². The number of carbonyl (C=O) groups is 2. The highest BCUT2D eigenvalue weighted by atomic mass is 19.2. The van der Waals surface area contributed by atoms with Gasteiger partial charge in [0.05, 0.1) is 17.9 Å². The summed E-state index contributed by atoms with van der Waals surface area (Å²) in [5.41, 5.74) is 1.40. The van der Waals surface area contributed by atoms with Crippen LogP contribution in [-0.2, 0) is 16.1 Å². The molecular weight excluding hydrogens is 352 g/mol. The first-order valence-electron chi connectivity index (χ1n) is 8.69. The lowest BCUT2D eigenvalue weighted by molar-refractivity contribution is -0.120. The number of hydrogen-bond acceptors (Lipinski definition) is 3. The Balaban J connectivity index is 1.78. The number of nitrogens with zero attached hydrogens (tertiary/aromatic N) is 2. The van der Waals surface area contributed by atoms with E-state index >= 15 is 0 Å². The second kappa shape index (κ2) is 7.84. The Kier molecular flexibility index (Phi) is 5.51. The van der Waals surface area contributed by atoms with Crippen LogP contribution in [0.3, 0.4) is 0 Å². The van der Waals surface area contributed by atoms with Gasteiger partial charge in [0.1, 0.15) is 0 Å². The SMILES string of the molecule is C[C@H]1CC(=O)Nc2ccccc2N1C(=O)CN(C)Cc1cccc(F)c1F. The smallest absolute Gasteiger partial charge is 0.241 e. The third kappa shape index (κ3) is 4.14. The Morgan fingerprint density at radius 3 is 2.74 bits per heavy atom. The predicted molar refractivity (Wildman–Crippen MR) is 99.3 cm³/mol. The molecule has 7 heteroatoms. The largest absolute Gasteiger partial charge is 0.324 e. The van der Waals surface area contributed by atoms with Gasteiger partial charge in [0.15, 0.2) is 11.6 Å². The maximum Gasteiger partial charge on any atom is 0.241 e. The molecule has 1 aliphatic heterocycles. The van der Waals surface area contributed by atoms with E-state index in [-0.39, 0.29) is 42.9 Å². The Hall–Kier alpha value is -2.80. The lowest BCUT2D eigenvalue weighted by Gasteiger charge is -2.29. The maximum atomic E-state index is 13.9. The van der Waals surface area contributed by atoms with Crippen LogP contribution < -0.4 is 10.2 Å². The fraction of sp³-hybridized carbons (Fsp3) is 0.300. The van der Waals surface area contributed by atoms with Gasteiger partial charge in [-0.05, 0) is 32.2 Å². The number of amides is 2. The third-order valence-corrected chi connectivity index (χ3v) is 4.50. The van der Waals surface area contributed by atoms with Crippen molar-refractivity contribution in [3.05, 3.63) is 59.7 Å². The number of nitrogens with one attached hydrogen (secondary N) is 1. The summed E-state index contributed by atoms with van der Waals surface area (Å²) in [4.78, 5) is 28.2. The highest BCUT2D eigenvalue weighted by molar-refractivity contribution is 6.04. The minimum absolute atomic E-state index is 0.00280. The second-order valence-electron chi connectivity index (χ2n) is 6.77. The van der Waals surface area contributed by atoms with Gasteiger partial charge >= 0.3 is 0 Å². The molecule has 2 aromatic rings. The van der Waals surface area contributed by atoms with E-state index in [9.17, 15) is 18.4 Å². The lowest BCUT2D eigenvalue weighted by Crippen LogP contribution is -2.44. The third-order valence-electron chi connectivity index (χ3n) is 4.50. The van der Waals surface area contributed by atoms with Crippen LogP contribution in [0.15, 0.2) is 42.5 Å². The van der Waals surface area contributed by atoms with E-state index in [1.54, 1.807) is 41.1 Å². The zero-order valence-corrected chi connectivity index (χ0v) is 15.2. The van der Waals surface area contributed by atoms with Crippen LogP contribution in [-0.4, -0.2) is 36.3 Å². The van der Waals surface area contributed by atoms with E-state index in [0.29, 0.717) is 11.4 Å². The van der Waals surface area contributed by atoms with Crippen molar-refractivity contribution in [2.24, 2.45) is 0 Å². The van der Waals surface area contributed by atoms with Gasteiger partial charge in [-0.25, -0.2) is 8.78 Å². The van der Waals surface area contributed by atoms with Crippen molar-refractivity contribution in [2.75, 3.05) is 23.8 Å². The minimum Gasteiger partial charge on any atom is -0.324 e. The molecule has 0 radical (unpaired) electrons. The summed E-state index contributed by atoms with van der Waals surface area (Å²) in [7, 11) is 1.67. The summed E-state index contributed by atoms with van der Waals surface area (Å²) in [5, 5.41) is 2.81. The number of para-hydroxylation sites is 2. The first-order chi connectivity index (χ1) is 12.9. The standard InChI is InChI=1S/C20H21F2N3O2/c1-13-10-18(26)23-16-8-3-4-9-17(16)25(13)19(27)12-24(2)11-14-6-5-7-15(21)20(14)22/h3-9,13H,10-12H2,1-2H3,(H,23,26)/t13-/m0/s1. The number of rotatable bonds is 4. The van der Waals surface area contributed by atoms with Crippen LogP contribution in [0, 0.1) is 11.6 Å². The highest BCUT2D eigenvalue weighted by Gasteiger charge is 2.30. The fourth-order valence-corrected chi connectivity index (χ4v) is 3.29. The normalized spacial score (nSPS) is 16.7. The molecule has 1 heterocycles. The molecule has 2 aromatic carbocycles. The van der Waals surface area contributed by atoms with E-state index in [2.05, 4.69) is 5.32 Å². The topological polar surface area (TPSA) is 52.7 Å². The second-order valence-corrected chi connectivity index (χ2v) is 6.77. The molecule has 5 nitrogen and oxygen atoms in total. The Morgan fingerprint density at radius 1 is 1.22 bits per heavy atom.